The van der Waals surface area contributed by atoms with E-state index in [2.05, 4.69) is 45.6 Å². The summed E-state index contributed by atoms with van der Waals surface area (Å²) in [5.41, 5.74) is 4.29. The van der Waals surface area contributed by atoms with E-state index >= 15 is 0 Å². The Morgan fingerprint density at radius 1 is 1.06 bits per heavy atom. The summed E-state index contributed by atoms with van der Waals surface area (Å²) in [6, 6.07) is 8.34. The average molecular weight is 471 g/mol. The first kappa shape index (κ1) is 20.7. The standard InChI is InChI=1S/C22H23ClN6S2/c1-14-3-4-15(2)28(14)22-25-17(13-31-22)11-20-26-21(16-5-6-19(23)24-12-16)27-29(20)18-7-9-30-10-8-18/h3-6,12-13,18H,7-11H2,1-2H3. The maximum absolute atomic E-state index is 5.96. The molecule has 5 rings (SSSR count). The molecule has 1 aliphatic rings. The van der Waals surface area contributed by atoms with Crippen molar-refractivity contribution in [2.45, 2.75) is 39.2 Å². The zero-order valence-corrected chi connectivity index (χ0v) is 19.8. The minimum Gasteiger partial charge on any atom is -0.295 e. The molecule has 0 aromatic carbocycles. The summed E-state index contributed by atoms with van der Waals surface area (Å²) in [5.74, 6) is 3.98. The molecule has 9 heteroatoms. The van der Waals surface area contributed by atoms with Crippen LogP contribution < -0.4 is 0 Å². The molecule has 0 radical (unpaired) electrons. The maximum atomic E-state index is 5.96. The van der Waals surface area contributed by atoms with Gasteiger partial charge in [-0.3, -0.25) is 4.57 Å². The highest BCUT2D eigenvalue weighted by molar-refractivity contribution is 7.99. The van der Waals surface area contributed by atoms with Gasteiger partial charge >= 0.3 is 0 Å². The molecule has 4 aromatic rings. The first-order chi connectivity index (χ1) is 15.1. The molecule has 4 aromatic heterocycles. The zero-order valence-electron chi connectivity index (χ0n) is 17.5. The van der Waals surface area contributed by atoms with E-state index in [0.717, 1.165) is 46.6 Å². The molecule has 1 fully saturated rings. The lowest BCUT2D eigenvalue weighted by molar-refractivity contribution is 0.413. The van der Waals surface area contributed by atoms with Gasteiger partial charge in [0.25, 0.3) is 0 Å². The van der Waals surface area contributed by atoms with Crippen molar-refractivity contribution in [2.75, 3.05) is 11.5 Å². The minimum absolute atomic E-state index is 0.379. The predicted octanol–water partition coefficient (Wildman–Crippen LogP) is 5.52. The maximum Gasteiger partial charge on any atom is 0.194 e. The van der Waals surface area contributed by atoms with Crippen molar-refractivity contribution in [1.29, 1.82) is 0 Å². The SMILES string of the molecule is Cc1ccc(C)n1-c1nc(Cc2nc(-c3ccc(Cl)nc3)nn2C2CCSCC2)cs1. The average Bonchev–Trinajstić information content (AvgIpc) is 3.49. The molecule has 0 spiro atoms. The molecule has 0 unspecified atom stereocenters. The second-order valence-corrected chi connectivity index (χ2v) is 10.2. The molecule has 160 valence electrons. The summed E-state index contributed by atoms with van der Waals surface area (Å²) < 4.78 is 4.33. The molecular weight excluding hydrogens is 448 g/mol. The Balaban J connectivity index is 1.48. The third-order valence-corrected chi connectivity index (χ3v) is 7.71. The van der Waals surface area contributed by atoms with Crippen LogP contribution >= 0.6 is 34.7 Å². The first-order valence-electron chi connectivity index (χ1n) is 10.3. The fourth-order valence-corrected chi connectivity index (χ4v) is 6.08. The second kappa shape index (κ2) is 8.76. The van der Waals surface area contributed by atoms with Gasteiger partial charge in [0.1, 0.15) is 11.0 Å². The lowest BCUT2D eigenvalue weighted by atomic mass is 10.1. The highest BCUT2D eigenvalue weighted by Gasteiger charge is 2.23. The molecular formula is C22H23ClN6S2. The van der Waals surface area contributed by atoms with Crippen molar-refractivity contribution >= 4 is 34.7 Å². The van der Waals surface area contributed by atoms with Crippen LogP contribution in [0.5, 0.6) is 0 Å². The lowest BCUT2D eigenvalue weighted by Crippen LogP contribution is -2.19. The fourth-order valence-electron chi connectivity index (χ4n) is 3.94. The van der Waals surface area contributed by atoms with Crippen molar-refractivity contribution in [3.05, 3.63) is 63.9 Å². The van der Waals surface area contributed by atoms with Gasteiger partial charge < -0.3 is 0 Å². The van der Waals surface area contributed by atoms with E-state index < -0.39 is 0 Å². The number of halogens is 1. The van der Waals surface area contributed by atoms with Gasteiger partial charge in [-0.25, -0.2) is 19.6 Å². The molecule has 0 bridgehead atoms. The molecule has 1 saturated heterocycles. The van der Waals surface area contributed by atoms with Gasteiger partial charge in [-0.2, -0.15) is 16.9 Å². The van der Waals surface area contributed by atoms with Crippen LogP contribution in [0.25, 0.3) is 16.5 Å². The summed E-state index contributed by atoms with van der Waals surface area (Å²) in [4.78, 5) is 14.0. The normalized spacial score (nSPS) is 14.9. The molecule has 0 amide bonds. The van der Waals surface area contributed by atoms with Gasteiger partial charge in [0, 0.05) is 28.5 Å². The van der Waals surface area contributed by atoms with Crippen LogP contribution in [0, 0.1) is 13.8 Å². The number of thiazole rings is 1. The van der Waals surface area contributed by atoms with Crippen molar-refractivity contribution in [2.24, 2.45) is 0 Å². The fraction of sp³-hybridized carbons (Fsp3) is 0.364. The zero-order chi connectivity index (χ0) is 21.4. The van der Waals surface area contributed by atoms with Crippen LogP contribution in [-0.2, 0) is 6.42 Å². The topological polar surface area (TPSA) is 61.4 Å². The molecule has 0 N–H and O–H groups in total. The monoisotopic (exact) mass is 470 g/mol. The number of pyridine rings is 1. The Hall–Kier alpha value is -2.16. The number of aromatic nitrogens is 6. The first-order valence-corrected chi connectivity index (χ1v) is 12.7. The Morgan fingerprint density at radius 3 is 2.55 bits per heavy atom. The third-order valence-electron chi connectivity index (χ3n) is 5.57. The molecule has 6 nitrogen and oxygen atoms in total. The number of nitrogens with zero attached hydrogens (tertiary/aromatic N) is 6. The summed E-state index contributed by atoms with van der Waals surface area (Å²) >= 11 is 9.64. The summed E-state index contributed by atoms with van der Waals surface area (Å²) in [6.45, 7) is 4.22. The molecule has 0 saturated carbocycles. The number of hydrogen-bond donors (Lipinski definition) is 0. The summed E-state index contributed by atoms with van der Waals surface area (Å²) in [5, 5.41) is 8.50. The number of rotatable bonds is 5. The summed E-state index contributed by atoms with van der Waals surface area (Å²) in [7, 11) is 0. The van der Waals surface area contributed by atoms with Gasteiger partial charge in [0.15, 0.2) is 11.0 Å². The van der Waals surface area contributed by atoms with Crippen LogP contribution in [0.2, 0.25) is 5.15 Å². The van der Waals surface area contributed by atoms with E-state index in [-0.39, 0.29) is 0 Å². The van der Waals surface area contributed by atoms with Gasteiger partial charge in [-0.15, -0.1) is 11.3 Å². The molecule has 5 heterocycles. The third kappa shape index (κ3) is 4.29. The Labute approximate surface area is 194 Å². The predicted molar refractivity (Wildman–Crippen MR) is 128 cm³/mol. The Bertz CT molecular complexity index is 1170. The van der Waals surface area contributed by atoms with Crippen LogP contribution in [-0.4, -0.2) is 40.8 Å². The largest absolute Gasteiger partial charge is 0.295 e. The molecule has 31 heavy (non-hydrogen) atoms. The molecule has 1 aliphatic heterocycles. The van der Waals surface area contributed by atoms with Crippen molar-refractivity contribution in [3.8, 4) is 16.5 Å². The van der Waals surface area contributed by atoms with Gasteiger partial charge in [0.05, 0.1) is 18.2 Å². The number of hydrogen-bond acceptors (Lipinski definition) is 6. The molecule has 0 atom stereocenters. The van der Waals surface area contributed by atoms with Crippen LogP contribution in [0.3, 0.4) is 0 Å². The van der Waals surface area contributed by atoms with Gasteiger partial charge in [-0.1, -0.05) is 11.6 Å². The van der Waals surface area contributed by atoms with Crippen molar-refractivity contribution in [3.63, 3.8) is 0 Å². The van der Waals surface area contributed by atoms with E-state index in [1.807, 2.05) is 17.8 Å². The lowest BCUT2D eigenvalue weighted by Gasteiger charge is -2.22. The van der Waals surface area contributed by atoms with E-state index in [1.165, 1.54) is 11.4 Å². The smallest absolute Gasteiger partial charge is 0.194 e. The molecule has 0 aliphatic carbocycles. The van der Waals surface area contributed by atoms with Gasteiger partial charge in [0.2, 0.25) is 0 Å². The Kier molecular flexibility index (Phi) is 5.86. The Morgan fingerprint density at radius 2 is 1.84 bits per heavy atom. The second-order valence-electron chi connectivity index (χ2n) is 7.76. The van der Waals surface area contributed by atoms with E-state index in [9.17, 15) is 0 Å². The van der Waals surface area contributed by atoms with Crippen LogP contribution in [0.15, 0.2) is 35.8 Å². The minimum atomic E-state index is 0.379. The van der Waals surface area contributed by atoms with E-state index in [4.69, 9.17) is 26.7 Å². The van der Waals surface area contributed by atoms with Crippen molar-refractivity contribution < 1.29 is 0 Å². The highest BCUT2D eigenvalue weighted by Crippen LogP contribution is 2.30. The van der Waals surface area contributed by atoms with Crippen LogP contribution in [0.4, 0.5) is 0 Å². The number of aryl methyl sites for hydroxylation is 2. The van der Waals surface area contributed by atoms with Crippen LogP contribution in [0.1, 0.15) is 41.8 Å². The summed E-state index contributed by atoms with van der Waals surface area (Å²) in [6.07, 6.45) is 4.63. The number of thioether (sulfide) groups is 1. The van der Waals surface area contributed by atoms with E-state index in [1.54, 1.807) is 23.6 Å². The van der Waals surface area contributed by atoms with E-state index in [0.29, 0.717) is 23.4 Å². The van der Waals surface area contributed by atoms with Gasteiger partial charge in [-0.05, 0) is 62.5 Å². The highest BCUT2D eigenvalue weighted by atomic mass is 35.5. The quantitative estimate of drug-likeness (QED) is 0.359. The van der Waals surface area contributed by atoms with Crippen molar-refractivity contribution in [1.82, 2.24) is 29.3 Å².